The van der Waals surface area contributed by atoms with Crippen LogP contribution < -0.4 is 5.32 Å². The Morgan fingerprint density at radius 2 is 1.93 bits per heavy atom. The molecule has 0 spiro atoms. The van der Waals surface area contributed by atoms with Crippen LogP contribution in [-0.2, 0) is 16.4 Å². The number of piperidine rings is 1. The maximum Gasteiger partial charge on any atom is 0.243 e. The van der Waals surface area contributed by atoms with Gasteiger partial charge in [0.1, 0.15) is 11.4 Å². The second-order valence-electron chi connectivity index (χ2n) is 7.12. The number of hydrogen-bond donors (Lipinski definition) is 3. The highest BCUT2D eigenvalue weighted by molar-refractivity contribution is 7.89. The lowest BCUT2D eigenvalue weighted by molar-refractivity contribution is -0.104. The van der Waals surface area contributed by atoms with Gasteiger partial charge in [-0.1, -0.05) is 30.3 Å². The van der Waals surface area contributed by atoms with Crippen molar-refractivity contribution >= 4 is 10.0 Å². The monoisotopic (exact) mass is 408 g/mol. The second-order valence-corrected chi connectivity index (χ2v) is 9.05. The van der Waals surface area contributed by atoms with E-state index in [0.717, 1.165) is 5.56 Å². The molecule has 28 heavy (non-hydrogen) atoms. The third-order valence-corrected chi connectivity index (χ3v) is 6.87. The van der Waals surface area contributed by atoms with Crippen molar-refractivity contribution in [2.24, 2.45) is 0 Å². The largest absolute Gasteiger partial charge is 0.390 e. The molecule has 1 aliphatic rings. The van der Waals surface area contributed by atoms with E-state index >= 15 is 0 Å². The van der Waals surface area contributed by atoms with E-state index in [2.05, 4.69) is 5.32 Å². The molecule has 2 aromatic rings. The minimum absolute atomic E-state index is 0.0320. The molecule has 2 atom stereocenters. The Labute approximate surface area is 164 Å². The fraction of sp³-hybridized carbons (Fsp3) is 0.400. The SMILES string of the molecule is O=S(=O)(c1ccccc1)N1CC[C@H](O)[C@@](O)(CNCCc2cccc(F)c2)C1. The van der Waals surface area contributed by atoms with Crippen molar-refractivity contribution in [1.29, 1.82) is 0 Å². The number of β-amino-alcohol motifs (C(OH)–C–C–N with tert-alkyl or cyclic N) is 1. The molecule has 3 rings (SSSR count). The van der Waals surface area contributed by atoms with E-state index in [1.807, 2.05) is 6.07 Å². The molecule has 1 aliphatic heterocycles. The predicted molar refractivity (Wildman–Crippen MR) is 104 cm³/mol. The van der Waals surface area contributed by atoms with Crippen molar-refractivity contribution in [3.8, 4) is 0 Å². The molecule has 0 bridgehead atoms. The molecule has 1 heterocycles. The summed E-state index contributed by atoms with van der Waals surface area (Å²) in [5.41, 5.74) is -0.779. The van der Waals surface area contributed by atoms with Crippen LogP contribution >= 0.6 is 0 Å². The molecular weight excluding hydrogens is 383 g/mol. The Balaban J connectivity index is 1.61. The third kappa shape index (κ3) is 4.76. The standard InChI is InChI=1S/C20H25FN2O4S/c21-17-6-4-5-16(13-17)9-11-22-14-20(25)15-23(12-10-19(20)24)28(26,27)18-7-2-1-3-8-18/h1-8,13,19,22,24-25H,9-12,14-15H2/t19-,20+/m0/s1. The molecule has 2 aromatic carbocycles. The van der Waals surface area contributed by atoms with E-state index in [1.165, 1.54) is 28.6 Å². The maximum atomic E-state index is 13.2. The van der Waals surface area contributed by atoms with E-state index in [-0.39, 0.29) is 36.8 Å². The van der Waals surface area contributed by atoms with Crippen LogP contribution in [0.4, 0.5) is 4.39 Å². The average Bonchev–Trinajstić information content (AvgIpc) is 2.68. The fourth-order valence-electron chi connectivity index (χ4n) is 3.38. The average molecular weight is 408 g/mol. The number of hydrogen-bond acceptors (Lipinski definition) is 5. The number of aliphatic hydroxyl groups is 2. The minimum Gasteiger partial charge on any atom is -0.390 e. The molecule has 8 heteroatoms. The Morgan fingerprint density at radius 3 is 2.64 bits per heavy atom. The highest BCUT2D eigenvalue weighted by atomic mass is 32.2. The van der Waals surface area contributed by atoms with E-state index in [4.69, 9.17) is 0 Å². The van der Waals surface area contributed by atoms with Crippen LogP contribution in [0.5, 0.6) is 0 Å². The summed E-state index contributed by atoms with van der Waals surface area (Å²) in [5, 5.41) is 24.2. The van der Waals surface area contributed by atoms with E-state index in [9.17, 15) is 23.0 Å². The van der Waals surface area contributed by atoms with Gasteiger partial charge in [-0.25, -0.2) is 12.8 Å². The Hall–Kier alpha value is -1.84. The highest BCUT2D eigenvalue weighted by Gasteiger charge is 2.44. The quantitative estimate of drug-likeness (QED) is 0.598. The highest BCUT2D eigenvalue weighted by Crippen LogP contribution is 2.26. The predicted octanol–water partition coefficient (Wildman–Crippen LogP) is 1.14. The van der Waals surface area contributed by atoms with Crippen molar-refractivity contribution in [3.05, 3.63) is 66.0 Å². The molecule has 0 saturated carbocycles. The lowest BCUT2D eigenvalue weighted by Gasteiger charge is -2.42. The molecule has 3 N–H and O–H groups in total. The van der Waals surface area contributed by atoms with Crippen molar-refractivity contribution in [2.45, 2.75) is 29.4 Å². The number of nitrogens with zero attached hydrogens (tertiary/aromatic N) is 1. The first-order valence-electron chi connectivity index (χ1n) is 9.22. The zero-order valence-electron chi connectivity index (χ0n) is 15.5. The lowest BCUT2D eigenvalue weighted by Crippen LogP contribution is -2.62. The van der Waals surface area contributed by atoms with Gasteiger partial charge in [0.05, 0.1) is 11.0 Å². The maximum absolute atomic E-state index is 13.2. The summed E-state index contributed by atoms with van der Waals surface area (Å²) >= 11 is 0. The summed E-state index contributed by atoms with van der Waals surface area (Å²) < 4.78 is 40.0. The van der Waals surface area contributed by atoms with E-state index in [0.29, 0.717) is 13.0 Å². The number of benzene rings is 2. The Kier molecular flexibility index (Phi) is 6.47. The summed E-state index contributed by atoms with van der Waals surface area (Å²) in [4.78, 5) is 0.160. The first-order chi connectivity index (χ1) is 13.3. The fourth-order valence-corrected chi connectivity index (χ4v) is 4.91. The Bertz CT molecular complexity index is 894. The zero-order chi connectivity index (χ0) is 20.2. The van der Waals surface area contributed by atoms with Gasteiger partial charge in [-0.15, -0.1) is 0 Å². The van der Waals surface area contributed by atoms with Crippen LogP contribution in [-0.4, -0.2) is 60.8 Å². The van der Waals surface area contributed by atoms with Crippen LogP contribution in [0.3, 0.4) is 0 Å². The van der Waals surface area contributed by atoms with Crippen molar-refractivity contribution in [1.82, 2.24) is 9.62 Å². The molecule has 1 saturated heterocycles. The zero-order valence-corrected chi connectivity index (χ0v) is 16.3. The number of nitrogens with one attached hydrogen (secondary N) is 1. The first kappa shape index (κ1) is 20.9. The van der Waals surface area contributed by atoms with Crippen LogP contribution in [0.2, 0.25) is 0 Å². The van der Waals surface area contributed by atoms with Gasteiger partial charge < -0.3 is 15.5 Å². The number of rotatable bonds is 7. The summed E-state index contributed by atoms with van der Waals surface area (Å²) in [6, 6.07) is 14.3. The van der Waals surface area contributed by atoms with Crippen molar-refractivity contribution in [3.63, 3.8) is 0 Å². The molecule has 0 amide bonds. The molecule has 0 aliphatic carbocycles. The topological polar surface area (TPSA) is 89.9 Å². The van der Waals surface area contributed by atoms with Gasteiger partial charge >= 0.3 is 0 Å². The number of aliphatic hydroxyl groups excluding tert-OH is 1. The van der Waals surface area contributed by atoms with Gasteiger partial charge in [-0.2, -0.15) is 4.31 Å². The molecule has 0 unspecified atom stereocenters. The molecule has 0 aromatic heterocycles. The lowest BCUT2D eigenvalue weighted by atomic mass is 9.90. The van der Waals surface area contributed by atoms with Crippen molar-refractivity contribution < 1.29 is 23.0 Å². The van der Waals surface area contributed by atoms with Crippen LogP contribution in [0.25, 0.3) is 0 Å². The molecule has 6 nitrogen and oxygen atoms in total. The van der Waals surface area contributed by atoms with Gasteiger partial charge in [-0.05, 0) is 49.2 Å². The van der Waals surface area contributed by atoms with Gasteiger partial charge in [0.25, 0.3) is 0 Å². The van der Waals surface area contributed by atoms with Gasteiger partial charge in [0.15, 0.2) is 0 Å². The molecule has 1 fully saturated rings. The van der Waals surface area contributed by atoms with Crippen LogP contribution in [0, 0.1) is 5.82 Å². The van der Waals surface area contributed by atoms with Crippen molar-refractivity contribution in [2.75, 3.05) is 26.2 Å². The summed E-state index contributed by atoms with van der Waals surface area (Å²) in [5.74, 6) is -0.305. The van der Waals surface area contributed by atoms with E-state index in [1.54, 1.807) is 24.3 Å². The Morgan fingerprint density at radius 1 is 1.18 bits per heavy atom. The summed E-state index contributed by atoms with van der Waals surface area (Å²) in [7, 11) is -3.74. The second kappa shape index (κ2) is 8.67. The van der Waals surface area contributed by atoms with E-state index < -0.39 is 21.7 Å². The molecular formula is C20H25FN2O4S. The van der Waals surface area contributed by atoms with Crippen LogP contribution in [0.15, 0.2) is 59.5 Å². The minimum atomic E-state index is -3.74. The summed E-state index contributed by atoms with van der Waals surface area (Å²) in [6.07, 6.45) is -0.333. The summed E-state index contributed by atoms with van der Waals surface area (Å²) in [6.45, 7) is 0.441. The van der Waals surface area contributed by atoms with Gasteiger partial charge in [-0.3, -0.25) is 0 Å². The molecule has 152 valence electrons. The first-order valence-corrected chi connectivity index (χ1v) is 10.7. The smallest absolute Gasteiger partial charge is 0.243 e. The number of halogens is 1. The molecule has 0 radical (unpaired) electrons. The normalized spacial score (nSPS) is 23.6. The third-order valence-electron chi connectivity index (χ3n) is 5.01. The van der Waals surface area contributed by atoms with Gasteiger partial charge in [0, 0.05) is 19.6 Å². The van der Waals surface area contributed by atoms with Crippen LogP contribution in [0.1, 0.15) is 12.0 Å². The number of sulfonamides is 1. The van der Waals surface area contributed by atoms with Gasteiger partial charge in [0.2, 0.25) is 10.0 Å².